The summed E-state index contributed by atoms with van der Waals surface area (Å²) >= 11 is 0. The molecule has 9 aliphatic rings. The van der Waals surface area contributed by atoms with Crippen LogP contribution in [-0.4, -0.2) is 249 Å². The molecule has 0 unspecified atom stereocenters. The van der Waals surface area contributed by atoms with Crippen molar-refractivity contribution in [3.05, 3.63) is 23.3 Å². The zero-order chi connectivity index (χ0) is 62.0. The van der Waals surface area contributed by atoms with Gasteiger partial charge in [-0.1, -0.05) is 66.2 Å². The lowest BCUT2D eigenvalue weighted by Crippen LogP contribution is -2.74. The Morgan fingerprint density at radius 2 is 1.21 bits per heavy atom. The normalized spacial score (nSPS) is 52.8. The lowest BCUT2D eigenvalue weighted by atomic mass is 9.32. The topological polar surface area (TPSA) is 411 Å². The first-order valence-corrected chi connectivity index (χ1v) is 29.9. The van der Waals surface area contributed by atoms with Gasteiger partial charge in [0.2, 0.25) is 0 Å². The molecule has 15 N–H and O–H groups in total. The van der Waals surface area contributed by atoms with Crippen molar-refractivity contribution in [3.8, 4) is 0 Å². The fourth-order valence-electron chi connectivity index (χ4n) is 17.9. The van der Waals surface area contributed by atoms with E-state index in [0.29, 0.717) is 44.1 Å². The number of carboxylic acids is 1. The third-order valence-electron chi connectivity index (χ3n) is 23.0. The molecule has 4 saturated carbocycles. The molecule has 84 heavy (non-hydrogen) atoms. The van der Waals surface area contributed by atoms with Gasteiger partial charge in [0.05, 0.1) is 49.7 Å². The summed E-state index contributed by atoms with van der Waals surface area (Å²) in [7, 11) is 0. The molecular weight excluding hydrogens is 1110 g/mol. The zero-order valence-electron chi connectivity index (χ0n) is 49.6. The van der Waals surface area contributed by atoms with Crippen molar-refractivity contribution in [1.29, 1.82) is 0 Å². The molecule has 4 heterocycles. The summed E-state index contributed by atoms with van der Waals surface area (Å²) in [5.74, 6) is -3.84. The summed E-state index contributed by atoms with van der Waals surface area (Å²) in [4.78, 5) is 26.9. The number of aliphatic carboxylic acids is 1. The molecule has 9 rings (SSSR count). The second-order valence-electron chi connectivity index (χ2n) is 28.0. The summed E-state index contributed by atoms with van der Waals surface area (Å²) in [6.45, 7) is 16.9. The van der Waals surface area contributed by atoms with Gasteiger partial charge in [0, 0.05) is 11.0 Å². The molecule has 8 fully saturated rings. The van der Waals surface area contributed by atoms with Gasteiger partial charge in [-0.05, 0) is 111 Å². The molecule has 0 aromatic carbocycles. The van der Waals surface area contributed by atoms with E-state index >= 15 is 0 Å². The molecule has 0 spiro atoms. The van der Waals surface area contributed by atoms with Gasteiger partial charge in [0.1, 0.15) is 91.6 Å². The molecule has 0 radical (unpaired) electrons. The monoisotopic (exact) mass is 1200 g/mol. The maximum atomic E-state index is 13.5. The third kappa shape index (κ3) is 10.3. The highest BCUT2D eigenvalue weighted by Gasteiger charge is 2.75. The number of rotatable bonds is 13. The predicted molar refractivity (Wildman–Crippen MR) is 288 cm³/mol. The Hall–Kier alpha value is -2.42. The standard InChI is InChI=1S/C59H94O25/c1-11-23(2)50(76)80-32-19-54(4,5)18-27-25-12-13-31-56(8)16-14-26(55(6,7)30(56)15-17-57(31,9)58(25,10)47(72)48(73)59(27,32)22-62)42-46(84-52-40(70)37(67)34(64)28(20-60)78-52)43(41(71)44(81-42)49(74)75)82-53-45(38(68)35(65)29(21-61)79-53)83-51-39(69)36(66)33(63)24(3)77-51/h11-12,24,26-48,51-53,60-73H,13-22H2,1-10H3,(H,74,75)/b23-11+/t24-,26+,27-,28+,29+,30-,31+,32-,33-,34+,35-,36+,37-,38-,39+,40+,41-,42-,43-,44-,45+,46-,47-,48+,51-,52-,53-,56-,57+,58-,59+/m0/s1. The predicted octanol–water partition coefficient (Wildman–Crippen LogP) is -1.74. The minimum atomic E-state index is -2.23. The third-order valence-corrected chi connectivity index (χ3v) is 23.0. The minimum Gasteiger partial charge on any atom is -0.479 e. The number of allylic oxidation sites excluding steroid dienone is 2. The second-order valence-corrected chi connectivity index (χ2v) is 28.0. The number of carboxylic acid groups (broad SMARTS) is 1. The van der Waals surface area contributed by atoms with Gasteiger partial charge in [-0.3, -0.25) is 0 Å². The first kappa shape index (κ1) is 66.0. The van der Waals surface area contributed by atoms with Crippen molar-refractivity contribution in [2.45, 2.75) is 255 Å². The number of ether oxygens (including phenoxy) is 8. The summed E-state index contributed by atoms with van der Waals surface area (Å²) in [6.07, 6.45) is -33.7. The number of carbonyl (C=O) groups is 2. The van der Waals surface area contributed by atoms with E-state index in [1.165, 1.54) is 6.92 Å². The van der Waals surface area contributed by atoms with Gasteiger partial charge >= 0.3 is 11.9 Å². The van der Waals surface area contributed by atoms with Crippen LogP contribution in [0, 0.1) is 56.2 Å². The van der Waals surface area contributed by atoms with Crippen LogP contribution < -0.4 is 0 Å². The molecule has 25 nitrogen and oxygen atoms in total. The second kappa shape index (κ2) is 23.8. The molecule has 5 aliphatic carbocycles. The van der Waals surface area contributed by atoms with Crippen LogP contribution in [0.5, 0.6) is 0 Å². The van der Waals surface area contributed by atoms with Crippen LogP contribution in [-0.2, 0) is 47.5 Å². The van der Waals surface area contributed by atoms with Crippen LogP contribution in [0.2, 0.25) is 0 Å². The number of fused-ring (bicyclic) bond motifs is 7. The van der Waals surface area contributed by atoms with Gasteiger partial charge in [0.15, 0.2) is 25.0 Å². The Balaban J connectivity index is 1.09. The van der Waals surface area contributed by atoms with E-state index in [1.54, 1.807) is 19.9 Å². The lowest BCUT2D eigenvalue weighted by molar-refractivity contribution is -0.393. The highest BCUT2D eigenvalue weighted by Crippen LogP contribution is 2.76. The van der Waals surface area contributed by atoms with E-state index < -0.39 is 217 Å². The van der Waals surface area contributed by atoms with Crippen LogP contribution in [0.3, 0.4) is 0 Å². The Morgan fingerprint density at radius 3 is 1.81 bits per heavy atom. The molecule has 4 saturated heterocycles. The van der Waals surface area contributed by atoms with Gasteiger partial charge in [0.25, 0.3) is 0 Å². The molecule has 0 bridgehead atoms. The average molecular weight is 1200 g/mol. The highest BCUT2D eigenvalue weighted by molar-refractivity contribution is 5.87. The number of aliphatic hydroxyl groups excluding tert-OH is 14. The Bertz CT molecular complexity index is 2440. The summed E-state index contributed by atoms with van der Waals surface area (Å²) < 4.78 is 49.3. The fraction of sp³-hybridized carbons (Fsp3) is 0.898. The molecule has 480 valence electrons. The van der Waals surface area contributed by atoms with Crippen molar-refractivity contribution >= 4 is 11.9 Å². The number of hydrogen-bond donors (Lipinski definition) is 15. The molecule has 4 aliphatic heterocycles. The first-order valence-electron chi connectivity index (χ1n) is 29.9. The van der Waals surface area contributed by atoms with Crippen LogP contribution >= 0.6 is 0 Å². The van der Waals surface area contributed by atoms with Crippen molar-refractivity contribution in [3.63, 3.8) is 0 Å². The zero-order valence-corrected chi connectivity index (χ0v) is 49.6. The van der Waals surface area contributed by atoms with E-state index in [0.717, 1.165) is 5.57 Å². The van der Waals surface area contributed by atoms with Crippen LogP contribution in [0.4, 0.5) is 0 Å². The van der Waals surface area contributed by atoms with Gasteiger partial charge in [-0.15, -0.1) is 0 Å². The van der Waals surface area contributed by atoms with E-state index in [9.17, 15) is 86.2 Å². The largest absolute Gasteiger partial charge is 0.479 e. The van der Waals surface area contributed by atoms with Gasteiger partial charge in [-0.2, -0.15) is 0 Å². The van der Waals surface area contributed by atoms with Crippen molar-refractivity contribution in [2.24, 2.45) is 56.2 Å². The summed E-state index contributed by atoms with van der Waals surface area (Å²) in [5.41, 5.74) is -3.77. The molecule has 0 aromatic heterocycles. The van der Waals surface area contributed by atoms with E-state index in [-0.39, 0.29) is 18.3 Å². The van der Waals surface area contributed by atoms with Gasteiger partial charge in [-0.25, -0.2) is 9.59 Å². The highest BCUT2D eigenvalue weighted by atomic mass is 16.8. The number of aliphatic hydroxyl groups is 14. The van der Waals surface area contributed by atoms with Crippen molar-refractivity contribution in [2.75, 3.05) is 19.8 Å². The SMILES string of the molecule is C/C=C(\C)C(=O)O[C@H]1CC(C)(C)C[C@H]2C3=CC[C@@H]4[C@@]5(C)CC[C@H]([C@@H]6O[C@H](C(=O)O)[C@@H](O)[C@H](O[C@@H]7O[C@H](CO)[C@H](O)[C@H](O)[C@H]7O[C@@H]7O[C@@H](C)[C@H](O)[C@@H](O)[C@H]7O)[C@H]6O[C@@H]6O[C@H](CO)[C@@H](O)[C@H](O)[C@H]6O)C(C)(C)[C@@H]5CC[C@@]4(C)[C@]3(C)[C@@H](O)[C@@H](O)[C@@]12CO. The molecule has 31 atom stereocenters. The Morgan fingerprint density at radius 1 is 0.643 bits per heavy atom. The lowest BCUT2D eigenvalue weighted by Gasteiger charge is -2.73. The minimum absolute atomic E-state index is 0.164. The first-order chi connectivity index (χ1) is 39.2. The fourth-order valence-corrected chi connectivity index (χ4v) is 17.9. The smallest absolute Gasteiger partial charge is 0.335 e. The van der Waals surface area contributed by atoms with E-state index in [4.69, 9.17) is 37.9 Å². The summed E-state index contributed by atoms with van der Waals surface area (Å²) in [6, 6.07) is 0. The average Bonchev–Trinajstić information content (AvgIpc) is 0.681. The molecule has 0 amide bonds. The van der Waals surface area contributed by atoms with E-state index in [2.05, 4.69) is 33.8 Å². The Kier molecular flexibility index (Phi) is 18.7. The number of carbonyl (C=O) groups excluding carboxylic acids is 1. The van der Waals surface area contributed by atoms with Crippen molar-refractivity contribution < 1.29 is 124 Å². The summed E-state index contributed by atoms with van der Waals surface area (Å²) in [5, 5.41) is 169. The van der Waals surface area contributed by atoms with Crippen LogP contribution in [0.25, 0.3) is 0 Å². The maximum absolute atomic E-state index is 13.5. The molecule has 0 aromatic rings. The quantitative estimate of drug-likeness (QED) is 0.0553. The number of hydrogen-bond acceptors (Lipinski definition) is 24. The van der Waals surface area contributed by atoms with Crippen LogP contribution in [0.1, 0.15) is 114 Å². The van der Waals surface area contributed by atoms with E-state index in [1.807, 2.05) is 20.8 Å². The molecule has 25 heteroatoms. The van der Waals surface area contributed by atoms with Crippen molar-refractivity contribution in [1.82, 2.24) is 0 Å². The molecular formula is C59H94O25. The number of esters is 1. The van der Waals surface area contributed by atoms with Crippen LogP contribution in [0.15, 0.2) is 23.3 Å². The maximum Gasteiger partial charge on any atom is 0.335 e. The van der Waals surface area contributed by atoms with Gasteiger partial charge < -0.3 is 114 Å². The Labute approximate surface area is 489 Å².